The van der Waals surface area contributed by atoms with E-state index in [2.05, 4.69) is 20.6 Å². The van der Waals surface area contributed by atoms with Crippen molar-refractivity contribution in [3.8, 4) is 0 Å². The van der Waals surface area contributed by atoms with E-state index in [-0.39, 0.29) is 6.61 Å². The van der Waals surface area contributed by atoms with Gasteiger partial charge >= 0.3 is 0 Å². The molecule has 3 aromatic rings. The smallest absolute Gasteiger partial charge is 0.200 e. The van der Waals surface area contributed by atoms with E-state index < -0.39 is 0 Å². The Morgan fingerprint density at radius 2 is 1.95 bits per heavy atom. The minimum Gasteiger partial charge on any atom is -0.395 e. The lowest BCUT2D eigenvalue weighted by Crippen LogP contribution is -2.27. The molecule has 7 heteroatoms. The van der Waals surface area contributed by atoms with E-state index in [1.807, 2.05) is 41.3 Å². The molecule has 0 bridgehead atoms. The second-order valence-corrected chi connectivity index (χ2v) is 4.35. The van der Waals surface area contributed by atoms with Crippen molar-refractivity contribution >= 4 is 11.5 Å². The molecule has 20 heavy (non-hydrogen) atoms. The second kappa shape index (κ2) is 5.62. The maximum atomic E-state index is 9.23. The van der Waals surface area contributed by atoms with Gasteiger partial charge in [0.05, 0.1) is 6.61 Å². The summed E-state index contributed by atoms with van der Waals surface area (Å²) in [6.45, 7) is 1.22. The van der Waals surface area contributed by atoms with Gasteiger partial charge in [0, 0.05) is 13.1 Å². The number of aromatic nitrogens is 5. The highest BCUT2D eigenvalue weighted by molar-refractivity contribution is 5.44. The molecule has 2 heterocycles. The molecule has 0 unspecified atom stereocenters. The van der Waals surface area contributed by atoms with Gasteiger partial charge in [-0.3, -0.25) is 0 Å². The molecule has 1 aromatic carbocycles. The van der Waals surface area contributed by atoms with E-state index >= 15 is 0 Å². The van der Waals surface area contributed by atoms with Gasteiger partial charge in [-0.25, -0.2) is 0 Å². The van der Waals surface area contributed by atoms with E-state index in [0.717, 1.165) is 11.4 Å². The molecule has 0 aliphatic rings. The lowest BCUT2D eigenvalue weighted by Gasteiger charge is -2.22. The highest BCUT2D eigenvalue weighted by atomic mass is 16.3. The Labute approximate surface area is 115 Å². The third-order valence-corrected chi connectivity index (χ3v) is 2.97. The molecule has 102 valence electrons. The number of hydrogen-bond donors (Lipinski definition) is 1. The summed E-state index contributed by atoms with van der Waals surface area (Å²) < 4.78 is 1.38. The zero-order valence-electron chi connectivity index (χ0n) is 10.8. The zero-order chi connectivity index (χ0) is 13.8. The highest BCUT2D eigenvalue weighted by Gasteiger charge is 2.10. The van der Waals surface area contributed by atoms with Crippen LogP contribution in [0.3, 0.4) is 0 Å². The maximum absolute atomic E-state index is 9.23. The number of nitrogens with zero attached hydrogens (tertiary/aromatic N) is 6. The quantitative estimate of drug-likeness (QED) is 0.728. The van der Waals surface area contributed by atoms with Gasteiger partial charge in [0.25, 0.3) is 0 Å². The summed E-state index contributed by atoms with van der Waals surface area (Å²) in [5.41, 5.74) is 1.75. The van der Waals surface area contributed by atoms with E-state index in [9.17, 15) is 5.11 Å². The number of aliphatic hydroxyl groups excluding tert-OH is 1. The first kappa shape index (κ1) is 12.5. The minimum absolute atomic E-state index is 0.0577. The number of benzene rings is 1. The minimum atomic E-state index is 0.0577. The van der Waals surface area contributed by atoms with Gasteiger partial charge in [-0.05, 0) is 28.1 Å². The average Bonchev–Trinajstić information content (AvgIpc) is 2.95. The Morgan fingerprint density at radius 3 is 2.75 bits per heavy atom. The van der Waals surface area contributed by atoms with Crippen LogP contribution in [0.2, 0.25) is 0 Å². The summed E-state index contributed by atoms with van der Waals surface area (Å²) in [5.74, 6) is 0.725. The normalized spacial score (nSPS) is 10.8. The van der Waals surface area contributed by atoms with Gasteiger partial charge in [0.15, 0.2) is 11.5 Å². The number of anilines is 1. The molecule has 0 saturated carbocycles. The predicted octanol–water partition coefficient (Wildman–Crippen LogP) is 0.518. The van der Waals surface area contributed by atoms with Crippen molar-refractivity contribution in [2.75, 3.05) is 18.1 Å². The van der Waals surface area contributed by atoms with Crippen molar-refractivity contribution in [3.05, 3.63) is 48.0 Å². The van der Waals surface area contributed by atoms with Crippen LogP contribution in [0.4, 0.5) is 5.82 Å². The first-order valence-corrected chi connectivity index (χ1v) is 6.32. The first-order chi connectivity index (χ1) is 9.86. The van der Waals surface area contributed by atoms with Crippen molar-refractivity contribution in [2.24, 2.45) is 0 Å². The number of fused-ring (bicyclic) bond motifs is 1. The third-order valence-electron chi connectivity index (χ3n) is 2.97. The van der Waals surface area contributed by atoms with Crippen molar-refractivity contribution in [2.45, 2.75) is 6.54 Å². The van der Waals surface area contributed by atoms with Gasteiger partial charge < -0.3 is 10.0 Å². The molecule has 0 saturated heterocycles. The summed E-state index contributed by atoms with van der Waals surface area (Å²) in [6.07, 6.45) is 0. The molecule has 0 amide bonds. The monoisotopic (exact) mass is 270 g/mol. The molecule has 0 aliphatic heterocycles. The highest BCUT2D eigenvalue weighted by Crippen LogP contribution is 2.14. The molecule has 0 fully saturated rings. The molecule has 0 radical (unpaired) electrons. The van der Waals surface area contributed by atoms with Crippen LogP contribution in [-0.2, 0) is 6.54 Å². The van der Waals surface area contributed by atoms with Crippen LogP contribution in [0.15, 0.2) is 42.5 Å². The predicted molar refractivity (Wildman–Crippen MR) is 73.2 cm³/mol. The maximum Gasteiger partial charge on any atom is 0.200 e. The Bertz CT molecular complexity index is 683. The van der Waals surface area contributed by atoms with Gasteiger partial charge in [-0.15, -0.1) is 14.8 Å². The van der Waals surface area contributed by atoms with E-state index in [1.54, 1.807) is 6.07 Å². The van der Waals surface area contributed by atoms with Crippen LogP contribution in [-0.4, -0.2) is 43.5 Å². The van der Waals surface area contributed by atoms with E-state index in [0.29, 0.717) is 18.7 Å². The van der Waals surface area contributed by atoms with Gasteiger partial charge in [0.2, 0.25) is 0 Å². The molecule has 0 atom stereocenters. The molecular formula is C13H14N6O. The SMILES string of the molecule is OCCN(Cc1ccccc1)c1ccc2nnnn2n1. The van der Waals surface area contributed by atoms with E-state index in [4.69, 9.17) is 0 Å². The Hall–Kier alpha value is -2.54. The van der Waals surface area contributed by atoms with Gasteiger partial charge in [-0.1, -0.05) is 30.3 Å². The standard InChI is InChI=1S/C13H14N6O/c20-9-8-18(10-11-4-2-1-3-5-11)13-7-6-12-14-16-17-19(12)15-13/h1-7,20H,8-10H2. The fourth-order valence-electron chi connectivity index (χ4n) is 2.01. The van der Waals surface area contributed by atoms with Crippen molar-refractivity contribution in [1.82, 2.24) is 25.3 Å². The summed E-state index contributed by atoms with van der Waals surface area (Å²) in [7, 11) is 0. The summed E-state index contributed by atoms with van der Waals surface area (Å²) in [4.78, 5) is 1.98. The summed E-state index contributed by atoms with van der Waals surface area (Å²) in [5, 5.41) is 24.7. The van der Waals surface area contributed by atoms with E-state index in [1.165, 1.54) is 4.63 Å². The topological polar surface area (TPSA) is 79.4 Å². The fraction of sp³-hybridized carbons (Fsp3) is 0.231. The van der Waals surface area contributed by atoms with Crippen molar-refractivity contribution in [3.63, 3.8) is 0 Å². The van der Waals surface area contributed by atoms with Crippen LogP contribution in [0.25, 0.3) is 5.65 Å². The van der Waals surface area contributed by atoms with Crippen LogP contribution in [0.1, 0.15) is 5.56 Å². The molecule has 7 nitrogen and oxygen atoms in total. The summed E-state index contributed by atoms with van der Waals surface area (Å²) >= 11 is 0. The lowest BCUT2D eigenvalue weighted by atomic mass is 10.2. The molecular weight excluding hydrogens is 256 g/mol. The second-order valence-electron chi connectivity index (χ2n) is 4.35. The lowest BCUT2D eigenvalue weighted by molar-refractivity contribution is 0.301. The number of aliphatic hydroxyl groups is 1. The van der Waals surface area contributed by atoms with Crippen LogP contribution >= 0.6 is 0 Å². The summed E-state index contributed by atoms with van der Waals surface area (Å²) in [6, 6.07) is 13.7. The number of hydrogen-bond acceptors (Lipinski definition) is 6. The number of rotatable bonds is 5. The Balaban J connectivity index is 1.89. The number of tetrazole rings is 1. The van der Waals surface area contributed by atoms with Gasteiger partial charge in [0.1, 0.15) is 0 Å². The third kappa shape index (κ3) is 2.57. The van der Waals surface area contributed by atoms with Crippen LogP contribution in [0, 0.1) is 0 Å². The molecule has 3 rings (SSSR count). The largest absolute Gasteiger partial charge is 0.395 e. The van der Waals surface area contributed by atoms with Gasteiger partial charge in [-0.2, -0.15) is 0 Å². The Kier molecular flexibility index (Phi) is 3.51. The molecule has 0 spiro atoms. The zero-order valence-corrected chi connectivity index (χ0v) is 10.8. The fourth-order valence-corrected chi connectivity index (χ4v) is 2.01. The Morgan fingerprint density at radius 1 is 1.10 bits per heavy atom. The van der Waals surface area contributed by atoms with Crippen molar-refractivity contribution in [1.29, 1.82) is 0 Å². The molecule has 2 aromatic heterocycles. The average molecular weight is 270 g/mol. The van der Waals surface area contributed by atoms with Crippen LogP contribution in [0.5, 0.6) is 0 Å². The molecule has 1 N–H and O–H groups in total. The van der Waals surface area contributed by atoms with Crippen LogP contribution < -0.4 is 4.90 Å². The molecule has 0 aliphatic carbocycles. The van der Waals surface area contributed by atoms with Crippen molar-refractivity contribution < 1.29 is 5.11 Å². The first-order valence-electron chi connectivity index (χ1n) is 6.32.